The maximum atomic E-state index is 12.2. The van der Waals surface area contributed by atoms with Gasteiger partial charge in [-0.3, -0.25) is 0 Å². The van der Waals surface area contributed by atoms with Gasteiger partial charge < -0.3 is 4.98 Å². The first-order valence-corrected chi connectivity index (χ1v) is 3.94. The molecule has 0 spiro atoms. The van der Waals surface area contributed by atoms with Crippen molar-refractivity contribution in [3.8, 4) is 0 Å². The van der Waals surface area contributed by atoms with E-state index >= 15 is 0 Å². The second kappa shape index (κ2) is 2.84. The highest BCUT2D eigenvalue weighted by Gasteiger charge is 2.35. The fraction of sp³-hybridized carbons (Fsp3) is 0.143. The first kappa shape index (κ1) is 9.26. The minimum atomic E-state index is -4.58. The summed E-state index contributed by atoms with van der Waals surface area (Å²) in [5.74, 6) is -1.24. The number of fused-ring (bicyclic) bond motifs is 1. The predicted octanol–water partition coefficient (Wildman–Crippen LogP) is 2.63. The molecule has 0 fully saturated rings. The maximum absolute atomic E-state index is 12.2. The number of aromatic nitrogens is 3. The number of aromatic amines is 1. The summed E-state index contributed by atoms with van der Waals surface area (Å²) in [6, 6.07) is 1.51. The molecule has 0 atom stereocenters. The molecule has 0 aliphatic rings. The van der Waals surface area contributed by atoms with Crippen molar-refractivity contribution in [2.75, 3.05) is 0 Å². The molecule has 2 heterocycles. The molecule has 0 bridgehead atoms. The molecule has 0 amide bonds. The Kier molecular flexibility index (Phi) is 1.88. The summed E-state index contributed by atoms with van der Waals surface area (Å²) in [6.45, 7) is 0. The van der Waals surface area contributed by atoms with E-state index in [2.05, 4.69) is 15.0 Å². The first-order valence-electron chi connectivity index (χ1n) is 3.56. The van der Waals surface area contributed by atoms with E-state index in [-0.39, 0.29) is 10.8 Å². The average molecular weight is 222 g/mol. The molecule has 2 aromatic heterocycles. The van der Waals surface area contributed by atoms with Crippen molar-refractivity contribution < 1.29 is 13.2 Å². The van der Waals surface area contributed by atoms with Crippen LogP contribution in [-0.4, -0.2) is 15.0 Å². The molecule has 0 saturated heterocycles. The Morgan fingerprint density at radius 1 is 1.29 bits per heavy atom. The molecule has 0 unspecified atom stereocenters. The smallest absolute Gasteiger partial charge is 0.346 e. The molecule has 0 radical (unpaired) electrons. The van der Waals surface area contributed by atoms with Gasteiger partial charge in [0.15, 0.2) is 0 Å². The first-order chi connectivity index (χ1) is 6.48. The van der Waals surface area contributed by atoms with E-state index < -0.39 is 12.0 Å². The third-order valence-electron chi connectivity index (χ3n) is 1.62. The van der Waals surface area contributed by atoms with E-state index in [1.165, 1.54) is 12.3 Å². The zero-order valence-electron chi connectivity index (χ0n) is 6.56. The van der Waals surface area contributed by atoms with Crippen LogP contribution in [0.25, 0.3) is 11.0 Å². The van der Waals surface area contributed by atoms with Crippen LogP contribution in [0.15, 0.2) is 12.3 Å². The minimum Gasteiger partial charge on any atom is -0.346 e. The minimum absolute atomic E-state index is 0.0809. The molecule has 0 aliphatic carbocycles. The standard InChI is InChI=1S/C7H3ClF3N3/c8-4-3-1-2-12-5(3)14-6(13-4)7(9,10)11/h1-2H,(H,12,13,14). The maximum Gasteiger partial charge on any atom is 0.451 e. The van der Waals surface area contributed by atoms with Gasteiger partial charge >= 0.3 is 6.18 Å². The van der Waals surface area contributed by atoms with Crippen LogP contribution in [-0.2, 0) is 6.18 Å². The number of halogens is 4. The summed E-state index contributed by atoms with van der Waals surface area (Å²) < 4.78 is 36.6. The molecule has 1 N–H and O–H groups in total. The molecule has 2 aromatic rings. The number of H-pyrrole nitrogens is 1. The number of nitrogens with one attached hydrogen (secondary N) is 1. The predicted molar refractivity (Wildman–Crippen MR) is 43.9 cm³/mol. The lowest BCUT2D eigenvalue weighted by Gasteiger charge is -2.04. The van der Waals surface area contributed by atoms with Crippen LogP contribution < -0.4 is 0 Å². The largest absolute Gasteiger partial charge is 0.451 e. The molecule has 0 aliphatic heterocycles. The van der Waals surface area contributed by atoms with E-state index in [9.17, 15) is 13.2 Å². The Hall–Kier alpha value is -1.30. The van der Waals surface area contributed by atoms with E-state index in [0.717, 1.165) is 0 Å². The number of alkyl halides is 3. The van der Waals surface area contributed by atoms with Gasteiger partial charge in [0.2, 0.25) is 5.82 Å². The van der Waals surface area contributed by atoms with Crippen molar-refractivity contribution in [1.29, 1.82) is 0 Å². The van der Waals surface area contributed by atoms with Gasteiger partial charge in [-0.1, -0.05) is 11.6 Å². The molecule has 14 heavy (non-hydrogen) atoms. The summed E-state index contributed by atoms with van der Waals surface area (Å²) in [5, 5.41) is 0.170. The van der Waals surface area contributed by atoms with Crippen LogP contribution in [0.3, 0.4) is 0 Å². The van der Waals surface area contributed by atoms with Crippen molar-refractivity contribution in [2.24, 2.45) is 0 Å². The van der Waals surface area contributed by atoms with Crippen molar-refractivity contribution in [3.05, 3.63) is 23.2 Å². The summed E-state index contributed by atoms with van der Waals surface area (Å²) in [4.78, 5) is 8.98. The highest BCUT2D eigenvalue weighted by molar-refractivity contribution is 6.33. The van der Waals surface area contributed by atoms with Crippen LogP contribution >= 0.6 is 11.6 Å². The molecule has 74 valence electrons. The van der Waals surface area contributed by atoms with Gasteiger partial charge in [-0.05, 0) is 6.07 Å². The normalized spacial score (nSPS) is 12.3. The number of rotatable bonds is 0. The Morgan fingerprint density at radius 2 is 2.00 bits per heavy atom. The number of hydrogen-bond donors (Lipinski definition) is 1. The van der Waals surface area contributed by atoms with Crippen LogP contribution in [0.1, 0.15) is 5.82 Å². The summed E-state index contributed by atoms with van der Waals surface area (Å²) in [6.07, 6.45) is -3.13. The van der Waals surface area contributed by atoms with Crippen LogP contribution in [0.2, 0.25) is 5.15 Å². The van der Waals surface area contributed by atoms with Crippen molar-refractivity contribution in [3.63, 3.8) is 0 Å². The fourth-order valence-electron chi connectivity index (χ4n) is 1.03. The van der Waals surface area contributed by atoms with Gasteiger partial charge in [0.25, 0.3) is 0 Å². The van der Waals surface area contributed by atoms with E-state index in [4.69, 9.17) is 11.6 Å². The molecule has 0 saturated carbocycles. The van der Waals surface area contributed by atoms with Crippen molar-refractivity contribution in [1.82, 2.24) is 15.0 Å². The quantitative estimate of drug-likeness (QED) is 0.695. The summed E-state index contributed by atoms with van der Waals surface area (Å²) in [5.41, 5.74) is 0.0809. The lowest BCUT2D eigenvalue weighted by atomic mass is 10.4. The number of nitrogens with zero attached hydrogens (tertiary/aromatic N) is 2. The molecular formula is C7H3ClF3N3. The Labute approximate surface area is 80.9 Å². The van der Waals surface area contributed by atoms with Gasteiger partial charge in [-0.15, -0.1) is 0 Å². The molecule has 3 nitrogen and oxygen atoms in total. The molecule has 7 heteroatoms. The third kappa shape index (κ3) is 1.41. The van der Waals surface area contributed by atoms with E-state index in [1.54, 1.807) is 0 Å². The van der Waals surface area contributed by atoms with Gasteiger partial charge in [0.05, 0.1) is 5.39 Å². The van der Waals surface area contributed by atoms with Gasteiger partial charge in [0, 0.05) is 6.20 Å². The highest BCUT2D eigenvalue weighted by atomic mass is 35.5. The Balaban J connectivity index is 2.70. The Morgan fingerprint density at radius 3 is 2.64 bits per heavy atom. The van der Waals surface area contributed by atoms with Gasteiger partial charge in [-0.2, -0.15) is 13.2 Å². The lowest BCUT2D eigenvalue weighted by Crippen LogP contribution is -2.11. The zero-order valence-corrected chi connectivity index (χ0v) is 7.32. The number of hydrogen-bond acceptors (Lipinski definition) is 2. The van der Waals surface area contributed by atoms with Crippen molar-refractivity contribution in [2.45, 2.75) is 6.18 Å². The Bertz CT molecular complexity index is 476. The second-order valence-electron chi connectivity index (χ2n) is 2.58. The van der Waals surface area contributed by atoms with E-state index in [0.29, 0.717) is 5.39 Å². The average Bonchev–Trinajstić information content (AvgIpc) is 2.50. The van der Waals surface area contributed by atoms with Gasteiger partial charge in [-0.25, -0.2) is 9.97 Å². The third-order valence-corrected chi connectivity index (χ3v) is 1.91. The van der Waals surface area contributed by atoms with Crippen LogP contribution in [0.4, 0.5) is 13.2 Å². The zero-order chi connectivity index (χ0) is 10.3. The molecule has 0 aromatic carbocycles. The van der Waals surface area contributed by atoms with Gasteiger partial charge in [0.1, 0.15) is 10.8 Å². The molecule has 2 rings (SSSR count). The lowest BCUT2D eigenvalue weighted by molar-refractivity contribution is -0.144. The topological polar surface area (TPSA) is 41.6 Å². The molecular weight excluding hydrogens is 219 g/mol. The highest BCUT2D eigenvalue weighted by Crippen LogP contribution is 2.29. The summed E-state index contributed by atoms with van der Waals surface area (Å²) >= 11 is 5.54. The van der Waals surface area contributed by atoms with Crippen LogP contribution in [0.5, 0.6) is 0 Å². The van der Waals surface area contributed by atoms with Crippen LogP contribution in [0, 0.1) is 0 Å². The summed E-state index contributed by atoms with van der Waals surface area (Å²) in [7, 11) is 0. The second-order valence-corrected chi connectivity index (χ2v) is 2.93. The van der Waals surface area contributed by atoms with E-state index in [1.807, 2.05) is 0 Å². The van der Waals surface area contributed by atoms with Crippen molar-refractivity contribution >= 4 is 22.6 Å². The SMILES string of the molecule is FC(F)(F)c1nc(Cl)c2cc[nH]c2n1. The monoisotopic (exact) mass is 221 g/mol. The fourth-order valence-corrected chi connectivity index (χ4v) is 1.26.